The topological polar surface area (TPSA) is 67.6 Å². The normalized spacial score (nSPS) is 12.0. The fourth-order valence-electron chi connectivity index (χ4n) is 1.59. The number of nitriles is 1. The highest BCUT2D eigenvalue weighted by Gasteiger charge is 2.08. The van der Waals surface area contributed by atoms with Gasteiger partial charge in [-0.05, 0) is 5.56 Å². The first-order valence-electron chi connectivity index (χ1n) is 5.03. The van der Waals surface area contributed by atoms with Crippen molar-refractivity contribution in [1.29, 1.82) is 5.26 Å². The van der Waals surface area contributed by atoms with Gasteiger partial charge in [0.25, 0.3) is 0 Å². The van der Waals surface area contributed by atoms with E-state index in [-0.39, 0.29) is 6.04 Å². The molecule has 1 aromatic heterocycles. The zero-order valence-corrected chi connectivity index (χ0v) is 8.74. The molecule has 0 saturated carbocycles. The predicted molar refractivity (Wildman–Crippen MR) is 60.3 cm³/mol. The van der Waals surface area contributed by atoms with Crippen LogP contribution in [0, 0.1) is 11.3 Å². The lowest BCUT2D eigenvalue weighted by atomic mass is 10.1. The molecule has 4 heteroatoms. The summed E-state index contributed by atoms with van der Waals surface area (Å²) < 4.78 is 1.76. The first kappa shape index (κ1) is 10.4. The van der Waals surface area contributed by atoms with Crippen LogP contribution in [0.5, 0.6) is 0 Å². The van der Waals surface area contributed by atoms with Gasteiger partial charge in [-0.2, -0.15) is 5.26 Å². The number of aromatic nitrogens is 2. The molecule has 0 saturated heterocycles. The molecule has 4 nitrogen and oxygen atoms in total. The van der Waals surface area contributed by atoms with Gasteiger partial charge in [-0.25, -0.2) is 4.98 Å². The van der Waals surface area contributed by atoms with E-state index in [4.69, 9.17) is 11.0 Å². The summed E-state index contributed by atoms with van der Waals surface area (Å²) >= 11 is 0. The zero-order valence-electron chi connectivity index (χ0n) is 8.74. The van der Waals surface area contributed by atoms with Crippen molar-refractivity contribution in [2.75, 3.05) is 0 Å². The molecule has 0 fully saturated rings. The second-order valence-electron chi connectivity index (χ2n) is 3.53. The standard InChI is InChI=1S/C12H12N4/c13-8-12-15-6-7-16(12)9-11(14)10-4-2-1-3-5-10/h1-7,11H,9,14H2. The summed E-state index contributed by atoms with van der Waals surface area (Å²) in [5.74, 6) is 0.395. The van der Waals surface area contributed by atoms with Crippen molar-refractivity contribution in [3.8, 4) is 6.07 Å². The summed E-state index contributed by atoms with van der Waals surface area (Å²) in [6.07, 6.45) is 3.37. The molecule has 2 aromatic rings. The first-order valence-corrected chi connectivity index (χ1v) is 5.03. The second-order valence-corrected chi connectivity index (χ2v) is 3.53. The molecule has 2 N–H and O–H groups in total. The van der Waals surface area contributed by atoms with Crippen molar-refractivity contribution in [2.24, 2.45) is 5.73 Å². The number of rotatable bonds is 3. The maximum Gasteiger partial charge on any atom is 0.212 e. The number of imidazole rings is 1. The average molecular weight is 212 g/mol. The van der Waals surface area contributed by atoms with E-state index >= 15 is 0 Å². The highest BCUT2D eigenvalue weighted by atomic mass is 15.1. The second kappa shape index (κ2) is 4.60. The SMILES string of the molecule is N#Cc1nccn1CC(N)c1ccccc1. The third-order valence-electron chi connectivity index (χ3n) is 2.44. The van der Waals surface area contributed by atoms with Gasteiger partial charge in [-0.3, -0.25) is 0 Å². The quantitative estimate of drug-likeness (QED) is 0.837. The van der Waals surface area contributed by atoms with Crippen LogP contribution in [0.3, 0.4) is 0 Å². The summed E-state index contributed by atoms with van der Waals surface area (Å²) in [5, 5.41) is 8.82. The Kier molecular flexibility index (Phi) is 2.99. The van der Waals surface area contributed by atoms with Crippen LogP contribution < -0.4 is 5.73 Å². The van der Waals surface area contributed by atoms with Crippen LogP contribution in [0.2, 0.25) is 0 Å². The Bertz CT molecular complexity index is 495. The Morgan fingerprint density at radius 3 is 2.81 bits per heavy atom. The summed E-state index contributed by atoms with van der Waals surface area (Å²) in [6.45, 7) is 0.562. The average Bonchev–Trinajstić information content (AvgIpc) is 2.77. The van der Waals surface area contributed by atoms with Crippen molar-refractivity contribution in [3.05, 3.63) is 54.1 Å². The number of hydrogen-bond acceptors (Lipinski definition) is 3. The number of benzene rings is 1. The van der Waals surface area contributed by atoms with Crippen molar-refractivity contribution in [3.63, 3.8) is 0 Å². The number of hydrogen-bond donors (Lipinski definition) is 1. The van der Waals surface area contributed by atoms with Crippen LogP contribution in [-0.4, -0.2) is 9.55 Å². The molecule has 0 amide bonds. The minimum Gasteiger partial charge on any atom is -0.322 e. The van der Waals surface area contributed by atoms with E-state index in [0.29, 0.717) is 12.4 Å². The maximum atomic E-state index is 8.82. The third kappa shape index (κ3) is 2.10. The zero-order chi connectivity index (χ0) is 11.4. The van der Waals surface area contributed by atoms with E-state index in [1.165, 1.54) is 0 Å². The molecule has 1 unspecified atom stereocenters. The van der Waals surface area contributed by atoms with Crippen molar-refractivity contribution in [2.45, 2.75) is 12.6 Å². The van der Waals surface area contributed by atoms with E-state index in [2.05, 4.69) is 4.98 Å². The van der Waals surface area contributed by atoms with Gasteiger partial charge < -0.3 is 10.3 Å². The summed E-state index contributed by atoms with van der Waals surface area (Å²) in [4.78, 5) is 3.93. The molecular formula is C12H12N4. The summed E-state index contributed by atoms with van der Waals surface area (Å²) in [5.41, 5.74) is 7.11. The molecule has 16 heavy (non-hydrogen) atoms. The lowest BCUT2D eigenvalue weighted by molar-refractivity contribution is 0.572. The third-order valence-corrected chi connectivity index (χ3v) is 2.44. The minimum absolute atomic E-state index is 0.123. The molecular weight excluding hydrogens is 200 g/mol. The van der Waals surface area contributed by atoms with Crippen LogP contribution in [0.4, 0.5) is 0 Å². The smallest absolute Gasteiger partial charge is 0.212 e. The Labute approximate surface area is 94.0 Å². The van der Waals surface area contributed by atoms with Gasteiger partial charge >= 0.3 is 0 Å². The molecule has 0 aliphatic carbocycles. The van der Waals surface area contributed by atoms with E-state index in [9.17, 15) is 0 Å². The molecule has 2 rings (SSSR count). The fourth-order valence-corrected chi connectivity index (χ4v) is 1.59. The van der Waals surface area contributed by atoms with E-state index in [1.54, 1.807) is 17.0 Å². The van der Waals surface area contributed by atoms with Crippen LogP contribution >= 0.6 is 0 Å². The van der Waals surface area contributed by atoms with Gasteiger partial charge in [-0.15, -0.1) is 0 Å². The van der Waals surface area contributed by atoms with Gasteiger partial charge in [0, 0.05) is 25.0 Å². The largest absolute Gasteiger partial charge is 0.322 e. The first-order chi connectivity index (χ1) is 7.81. The summed E-state index contributed by atoms with van der Waals surface area (Å²) in [7, 11) is 0. The highest BCUT2D eigenvalue weighted by Crippen LogP contribution is 2.12. The Morgan fingerprint density at radius 1 is 1.38 bits per heavy atom. The van der Waals surface area contributed by atoms with Gasteiger partial charge in [0.15, 0.2) is 0 Å². The number of nitrogens with two attached hydrogens (primary N) is 1. The minimum atomic E-state index is -0.123. The monoisotopic (exact) mass is 212 g/mol. The molecule has 0 aliphatic rings. The highest BCUT2D eigenvalue weighted by molar-refractivity contribution is 5.19. The molecule has 1 aromatic carbocycles. The van der Waals surface area contributed by atoms with Crippen LogP contribution in [0.25, 0.3) is 0 Å². The Morgan fingerprint density at radius 2 is 2.12 bits per heavy atom. The van der Waals surface area contributed by atoms with E-state index < -0.39 is 0 Å². The van der Waals surface area contributed by atoms with E-state index in [1.807, 2.05) is 36.4 Å². The van der Waals surface area contributed by atoms with Crippen LogP contribution in [0.1, 0.15) is 17.4 Å². The van der Waals surface area contributed by atoms with Gasteiger partial charge in [0.2, 0.25) is 5.82 Å². The number of nitrogens with zero attached hydrogens (tertiary/aromatic N) is 3. The molecule has 0 aliphatic heterocycles. The van der Waals surface area contributed by atoms with Crippen LogP contribution in [-0.2, 0) is 6.54 Å². The molecule has 0 bridgehead atoms. The van der Waals surface area contributed by atoms with Crippen molar-refractivity contribution in [1.82, 2.24) is 9.55 Å². The van der Waals surface area contributed by atoms with Crippen molar-refractivity contribution >= 4 is 0 Å². The van der Waals surface area contributed by atoms with Crippen LogP contribution in [0.15, 0.2) is 42.7 Å². The summed E-state index contributed by atoms with van der Waals surface area (Å²) in [6, 6.07) is 11.7. The van der Waals surface area contributed by atoms with Crippen molar-refractivity contribution < 1.29 is 0 Å². The molecule has 0 spiro atoms. The fraction of sp³-hybridized carbons (Fsp3) is 0.167. The predicted octanol–water partition coefficient (Wildman–Crippen LogP) is 1.45. The van der Waals surface area contributed by atoms with Gasteiger partial charge in [0.1, 0.15) is 6.07 Å². The molecule has 80 valence electrons. The van der Waals surface area contributed by atoms with E-state index in [0.717, 1.165) is 5.56 Å². The Hall–Kier alpha value is -2.12. The maximum absolute atomic E-state index is 8.82. The molecule has 1 heterocycles. The lowest BCUT2D eigenvalue weighted by Gasteiger charge is -2.12. The van der Waals surface area contributed by atoms with Gasteiger partial charge in [0.05, 0.1) is 0 Å². The molecule has 1 atom stereocenters. The lowest BCUT2D eigenvalue weighted by Crippen LogP contribution is -2.18. The van der Waals surface area contributed by atoms with Gasteiger partial charge in [-0.1, -0.05) is 30.3 Å². The molecule has 0 radical (unpaired) electrons. The Balaban J connectivity index is 2.15.